The lowest BCUT2D eigenvalue weighted by Gasteiger charge is -2.30. The third-order valence-electron chi connectivity index (χ3n) is 6.74. The minimum Gasteiger partial charge on any atom is -0.367 e. The Labute approximate surface area is 193 Å². The summed E-state index contributed by atoms with van der Waals surface area (Å²) in [7, 11) is 2.08. The Morgan fingerprint density at radius 2 is 2.00 bits per heavy atom. The molecule has 8 heteroatoms. The zero-order chi connectivity index (χ0) is 22.1. The molecule has 1 amide bonds. The largest absolute Gasteiger partial charge is 0.367 e. The summed E-state index contributed by atoms with van der Waals surface area (Å²) in [5.41, 5.74) is 2.92. The number of halogens is 1. The van der Waals surface area contributed by atoms with Crippen molar-refractivity contribution in [3.05, 3.63) is 41.8 Å². The molecule has 1 saturated heterocycles. The van der Waals surface area contributed by atoms with Gasteiger partial charge in [0.25, 0.3) is 0 Å². The van der Waals surface area contributed by atoms with E-state index < -0.39 is 0 Å². The zero-order valence-electron chi connectivity index (χ0n) is 18.3. The number of H-pyrrole nitrogens is 1. The number of amides is 1. The van der Waals surface area contributed by atoms with E-state index in [0.717, 1.165) is 73.2 Å². The summed E-state index contributed by atoms with van der Waals surface area (Å²) in [5, 5.41) is 8.37. The first-order chi connectivity index (χ1) is 15.5. The molecule has 0 spiro atoms. The highest BCUT2D eigenvalue weighted by atomic mass is 35.5. The van der Waals surface area contributed by atoms with Crippen LogP contribution < -0.4 is 10.6 Å². The Morgan fingerprint density at radius 1 is 1.19 bits per heavy atom. The molecule has 0 bridgehead atoms. The molecule has 2 fully saturated rings. The minimum atomic E-state index is 0.143. The van der Waals surface area contributed by atoms with E-state index in [1.807, 2.05) is 24.4 Å². The first kappa shape index (κ1) is 21.2. The van der Waals surface area contributed by atoms with Crippen LogP contribution in [0.1, 0.15) is 32.1 Å². The van der Waals surface area contributed by atoms with Crippen LogP contribution in [0.2, 0.25) is 5.15 Å². The summed E-state index contributed by atoms with van der Waals surface area (Å²) in [6.45, 7) is 1.89. The number of fused-ring (bicyclic) bond motifs is 1. The maximum atomic E-state index is 12.5. The molecule has 3 aromatic rings. The van der Waals surface area contributed by atoms with Gasteiger partial charge in [0.1, 0.15) is 16.6 Å². The van der Waals surface area contributed by atoms with Crippen LogP contribution >= 0.6 is 11.6 Å². The molecule has 1 aliphatic carbocycles. The number of carbonyl (C=O) groups is 1. The molecule has 5 rings (SSSR count). The average Bonchev–Trinajstić information content (AvgIpc) is 3.41. The van der Waals surface area contributed by atoms with Crippen LogP contribution in [0, 0.1) is 5.92 Å². The Kier molecular flexibility index (Phi) is 6.02. The molecule has 2 aliphatic rings. The van der Waals surface area contributed by atoms with Gasteiger partial charge in [-0.1, -0.05) is 11.6 Å². The summed E-state index contributed by atoms with van der Waals surface area (Å²) in [6, 6.07) is 8.51. The quantitative estimate of drug-likeness (QED) is 0.508. The van der Waals surface area contributed by atoms with Crippen LogP contribution in [-0.4, -0.2) is 58.0 Å². The summed E-state index contributed by atoms with van der Waals surface area (Å²) in [6.07, 6.45) is 8.66. The van der Waals surface area contributed by atoms with Crippen molar-refractivity contribution in [1.82, 2.24) is 25.2 Å². The highest BCUT2D eigenvalue weighted by molar-refractivity contribution is 6.29. The zero-order valence-corrected chi connectivity index (χ0v) is 19.0. The first-order valence-corrected chi connectivity index (χ1v) is 11.8. The summed E-state index contributed by atoms with van der Waals surface area (Å²) in [5.74, 6) is 1.15. The van der Waals surface area contributed by atoms with Crippen molar-refractivity contribution in [1.29, 1.82) is 0 Å². The van der Waals surface area contributed by atoms with Crippen molar-refractivity contribution in [2.45, 2.75) is 44.2 Å². The molecule has 1 aliphatic heterocycles. The van der Waals surface area contributed by atoms with Gasteiger partial charge in [0, 0.05) is 42.0 Å². The van der Waals surface area contributed by atoms with E-state index in [0.29, 0.717) is 11.2 Å². The predicted octanol–water partition coefficient (Wildman–Crippen LogP) is 4.07. The fourth-order valence-corrected chi connectivity index (χ4v) is 5.19. The number of hydrogen-bond acceptors (Lipinski definition) is 5. The lowest BCUT2D eigenvalue weighted by atomic mass is 9.90. The summed E-state index contributed by atoms with van der Waals surface area (Å²) < 4.78 is 0. The SMILES string of the molecule is CN1CCC(C(=O)NC2CCC(Nc3cc(-c4c[nH]c5ncccc45)cc(Cl)n3)CC2)C1. The number of rotatable bonds is 5. The fraction of sp³-hybridized carbons (Fsp3) is 0.458. The van der Waals surface area contributed by atoms with Gasteiger partial charge in [-0.25, -0.2) is 9.97 Å². The van der Waals surface area contributed by atoms with E-state index in [9.17, 15) is 4.79 Å². The van der Waals surface area contributed by atoms with Gasteiger partial charge in [0.2, 0.25) is 5.91 Å². The molecule has 3 aromatic heterocycles. The second kappa shape index (κ2) is 9.08. The lowest BCUT2D eigenvalue weighted by molar-refractivity contribution is -0.125. The topological polar surface area (TPSA) is 85.9 Å². The number of nitrogens with zero attached hydrogens (tertiary/aromatic N) is 3. The number of pyridine rings is 2. The van der Waals surface area contributed by atoms with Crippen LogP contribution in [-0.2, 0) is 4.79 Å². The normalized spacial score (nSPS) is 24.0. The van der Waals surface area contributed by atoms with Crippen LogP contribution in [0.3, 0.4) is 0 Å². The number of likely N-dealkylation sites (tertiary alicyclic amines) is 1. The Morgan fingerprint density at radius 3 is 2.78 bits per heavy atom. The number of aromatic nitrogens is 3. The number of aromatic amines is 1. The van der Waals surface area contributed by atoms with Gasteiger partial charge in [-0.2, -0.15) is 0 Å². The standard InChI is InChI=1S/C24H29ClN6O/c1-31-10-8-15(14-31)24(32)29-18-6-4-17(5-7-18)28-22-12-16(11-21(25)30-22)20-13-27-23-19(20)3-2-9-26-23/h2-3,9,11-13,15,17-18H,4-8,10,14H2,1H3,(H,26,27)(H,28,30)(H,29,32). The third kappa shape index (κ3) is 4.59. The predicted molar refractivity (Wildman–Crippen MR) is 128 cm³/mol. The van der Waals surface area contributed by atoms with Gasteiger partial charge in [0.05, 0.1) is 5.92 Å². The Bertz CT molecular complexity index is 1110. The van der Waals surface area contributed by atoms with Crippen molar-refractivity contribution >= 4 is 34.4 Å². The van der Waals surface area contributed by atoms with Crippen LogP contribution in [0.15, 0.2) is 36.7 Å². The van der Waals surface area contributed by atoms with E-state index in [1.54, 1.807) is 6.20 Å². The number of hydrogen-bond donors (Lipinski definition) is 3. The van der Waals surface area contributed by atoms with E-state index >= 15 is 0 Å². The minimum absolute atomic E-state index is 0.143. The molecule has 1 unspecified atom stereocenters. The lowest BCUT2D eigenvalue weighted by Crippen LogP contribution is -2.43. The molecule has 7 nitrogen and oxygen atoms in total. The Hall–Kier alpha value is -2.64. The van der Waals surface area contributed by atoms with Crippen molar-refractivity contribution in [3.63, 3.8) is 0 Å². The second-order valence-electron chi connectivity index (χ2n) is 9.12. The highest BCUT2D eigenvalue weighted by Crippen LogP contribution is 2.31. The molecule has 168 valence electrons. The second-order valence-corrected chi connectivity index (χ2v) is 9.50. The van der Waals surface area contributed by atoms with Crippen molar-refractivity contribution in [2.24, 2.45) is 5.92 Å². The monoisotopic (exact) mass is 452 g/mol. The van der Waals surface area contributed by atoms with Crippen LogP contribution in [0.5, 0.6) is 0 Å². The summed E-state index contributed by atoms with van der Waals surface area (Å²) in [4.78, 5) is 26.8. The molecule has 1 saturated carbocycles. The maximum Gasteiger partial charge on any atom is 0.224 e. The average molecular weight is 453 g/mol. The summed E-state index contributed by atoms with van der Waals surface area (Å²) >= 11 is 6.36. The van der Waals surface area contributed by atoms with E-state index in [4.69, 9.17) is 11.6 Å². The molecule has 32 heavy (non-hydrogen) atoms. The first-order valence-electron chi connectivity index (χ1n) is 11.4. The molecule has 0 aromatic carbocycles. The molecule has 1 atom stereocenters. The number of anilines is 1. The van der Waals surface area contributed by atoms with Crippen LogP contribution in [0.25, 0.3) is 22.2 Å². The van der Waals surface area contributed by atoms with Gasteiger partial charge < -0.3 is 20.5 Å². The number of nitrogens with one attached hydrogen (secondary N) is 3. The fourth-order valence-electron chi connectivity index (χ4n) is 4.98. The van der Waals surface area contributed by atoms with Gasteiger partial charge in [-0.3, -0.25) is 4.79 Å². The molecular formula is C24H29ClN6O. The van der Waals surface area contributed by atoms with Gasteiger partial charge in [0.15, 0.2) is 0 Å². The van der Waals surface area contributed by atoms with E-state index in [2.05, 4.69) is 43.6 Å². The van der Waals surface area contributed by atoms with Crippen molar-refractivity contribution in [3.8, 4) is 11.1 Å². The Balaban J connectivity index is 1.21. The highest BCUT2D eigenvalue weighted by Gasteiger charge is 2.29. The maximum absolute atomic E-state index is 12.5. The molecule has 4 heterocycles. The van der Waals surface area contributed by atoms with Gasteiger partial charge in [-0.15, -0.1) is 0 Å². The van der Waals surface area contributed by atoms with Crippen molar-refractivity contribution in [2.75, 3.05) is 25.5 Å². The molecule has 0 radical (unpaired) electrons. The third-order valence-corrected chi connectivity index (χ3v) is 6.94. The molecular weight excluding hydrogens is 424 g/mol. The van der Waals surface area contributed by atoms with E-state index in [1.165, 1.54) is 0 Å². The van der Waals surface area contributed by atoms with E-state index in [-0.39, 0.29) is 17.9 Å². The number of carbonyl (C=O) groups excluding carboxylic acids is 1. The molecule has 3 N–H and O–H groups in total. The van der Waals surface area contributed by atoms with Crippen LogP contribution in [0.4, 0.5) is 5.82 Å². The van der Waals surface area contributed by atoms with Gasteiger partial charge >= 0.3 is 0 Å². The smallest absolute Gasteiger partial charge is 0.224 e. The van der Waals surface area contributed by atoms with Crippen molar-refractivity contribution < 1.29 is 4.79 Å². The van der Waals surface area contributed by atoms with Gasteiger partial charge in [-0.05, 0) is 75.5 Å².